The van der Waals surface area contributed by atoms with E-state index in [2.05, 4.69) is 6.92 Å². The Morgan fingerprint density at radius 1 is 0.913 bits per heavy atom. The van der Waals surface area contributed by atoms with E-state index in [1.807, 2.05) is 0 Å². The van der Waals surface area contributed by atoms with Crippen molar-refractivity contribution in [2.24, 2.45) is 0 Å². The zero-order valence-electron chi connectivity index (χ0n) is 15.1. The average molecular weight is 358 g/mol. The van der Waals surface area contributed by atoms with Crippen LogP contribution in [0.25, 0.3) is 0 Å². The van der Waals surface area contributed by atoms with Gasteiger partial charge in [-0.1, -0.05) is 78.1 Å². The molecule has 5 nitrogen and oxygen atoms in total. The van der Waals surface area contributed by atoms with Crippen molar-refractivity contribution in [2.45, 2.75) is 96.1 Å². The van der Waals surface area contributed by atoms with Crippen molar-refractivity contribution in [1.29, 1.82) is 0 Å². The minimum atomic E-state index is -4.70. The first-order valence-electron chi connectivity index (χ1n) is 8.59. The van der Waals surface area contributed by atoms with Crippen molar-refractivity contribution >= 4 is 13.6 Å². The van der Waals surface area contributed by atoms with Crippen molar-refractivity contribution in [3.8, 4) is 0 Å². The van der Waals surface area contributed by atoms with E-state index < -0.39 is 18.7 Å². The Kier molecular flexibility index (Phi) is 15.6. The molecule has 0 radical (unpaired) electrons. The van der Waals surface area contributed by atoms with Crippen LogP contribution in [0.15, 0.2) is 0 Å². The number of carbonyl (C=O) groups excluding carboxylic acids is 1. The molecule has 0 rings (SSSR count). The molecule has 0 saturated carbocycles. The van der Waals surface area contributed by atoms with Gasteiger partial charge in [0.05, 0.1) is 5.97 Å². The molecule has 0 bridgehead atoms. The van der Waals surface area contributed by atoms with Crippen LogP contribution < -0.4 is 34.7 Å². The van der Waals surface area contributed by atoms with E-state index in [1.54, 1.807) is 0 Å². The van der Waals surface area contributed by atoms with Gasteiger partial charge in [-0.3, -0.25) is 4.57 Å². The minimum Gasteiger partial charge on any atom is -0.549 e. The molecule has 0 heterocycles. The maximum atomic E-state index is 11.5. The summed E-state index contributed by atoms with van der Waals surface area (Å²) in [7, 11) is -4.70. The third-order valence-corrected chi connectivity index (χ3v) is 6.30. The maximum Gasteiger partial charge on any atom is 1.00 e. The first kappa shape index (κ1) is 25.9. The van der Waals surface area contributed by atoms with E-state index >= 15 is 0 Å². The average Bonchev–Trinajstić information content (AvgIpc) is 2.43. The summed E-state index contributed by atoms with van der Waals surface area (Å²) in [6.45, 7) is 3.69. The minimum absolute atomic E-state index is 0. The van der Waals surface area contributed by atoms with Gasteiger partial charge in [-0.25, -0.2) is 0 Å². The summed E-state index contributed by atoms with van der Waals surface area (Å²) in [4.78, 5) is 29.9. The molecule has 0 aromatic rings. The number of carboxylic acids is 1. The molecule has 132 valence electrons. The molecule has 1 unspecified atom stereocenters. The topological polar surface area (TPSA) is 97.7 Å². The number of carboxylic acid groups (broad SMARTS) is 1. The SMILES string of the molecule is CCCCCCCCCCCCC(CC)(C(=O)[O-])P(=O)(O)O.[Na+]. The molecular weight excluding hydrogens is 326 g/mol. The van der Waals surface area contributed by atoms with Crippen LogP contribution in [0.2, 0.25) is 0 Å². The number of aliphatic carboxylic acids is 1. The summed E-state index contributed by atoms with van der Waals surface area (Å²) in [6, 6.07) is 0. The molecule has 0 aliphatic heterocycles. The number of rotatable bonds is 14. The van der Waals surface area contributed by atoms with E-state index in [9.17, 15) is 24.3 Å². The summed E-state index contributed by atoms with van der Waals surface area (Å²) < 4.78 is 11.5. The monoisotopic (exact) mass is 358 g/mol. The Labute approximate surface area is 163 Å². The smallest absolute Gasteiger partial charge is 0.549 e. The third kappa shape index (κ3) is 9.62. The van der Waals surface area contributed by atoms with Crippen molar-refractivity contribution in [1.82, 2.24) is 0 Å². The van der Waals surface area contributed by atoms with Crippen molar-refractivity contribution in [2.75, 3.05) is 0 Å². The quantitative estimate of drug-likeness (QED) is 0.266. The van der Waals surface area contributed by atoms with Crippen LogP contribution in [-0.2, 0) is 9.36 Å². The van der Waals surface area contributed by atoms with Gasteiger partial charge < -0.3 is 19.7 Å². The zero-order chi connectivity index (χ0) is 17.1. The largest absolute Gasteiger partial charge is 1.00 e. The van der Waals surface area contributed by atoms with Crippen LogP contribution in [0.4, 0.5) is 0 Å². The Morgan fingerprint density at radius 2 is 1.30 bits per heavy atom. The molecule has 0 amide bonds. The maximum absolute atomic E-state index is 11.5. The number of carbonyl (C=O) groups is 1. The number of hydrogen-bond donors (Lipinski definition) is 2. The summed E-state index contributed by atoms with van der Waals surface area (Å²) in [5.41, 5.74) is 0. The van der Waals surface area contributed by atoms with Crippen LogP contribution in [0.1, 0.15) is 90.9 Å². The Hall–Kier alpha value is 0.620. The molecular formula is C16H32NaO5P. The Morgan fingerprint density at radius 3 is 1.61 bits per heavy atom. The van der Waals surface area contributed by atoms with Crippen molar-refractivity contribution in [3.05, 3.63) is 0 Å². The fourth-order valence-corrected chi connectivity index (χ4v) is 3.90. The van der Waals surface area contributed by atoms with Gasteiger partial charge in [-0.15, -0.1) is 0 Å². The van der Waals surface area contributed by atoms with Gasteiger partial charge >= 0.3 is 37.2 Å². The normalized spacial score (nSPS) is 14.1. The fraction of sp³-hybridized carbons (Fsp3) is 0.938. The van der Waals surface area contributed by atoms with E-state index in [1.165, 1.54) is 45.4 Å². The summed E-state index contributed by atoms with van der Waals surface area (Å²) in [5, 5.41) is 9.18. The molecule has 7 heteroatoms. The van der Waals surface area contributed by atoms with Gasteiger partial charge in [0.2, 0.25) is 0 Å². The number of unbranched alkanes of at least 4 members (excludes halogenated alkanes) is 9. The summed E-state index contributed by atoms with van der Waals surface area (Å²) >= 11 is 0. The van der Waals surface area contributed by atoms with Gasteiger partial charge in [0.1, 0.15) is 5.16 Å². The number of hydrogen-bond acceptors (Lipinski definition) is 3. The van der Waals surface area contributed by atoms with Crippen LogP contribution in [-0.4, -0.2) is 20.9 Å². The third-order valence-electron chi connectivity index (χ3n) is 4.47. The van der Waals surface area contributed by atoms with Crippen molar-refractivity contribution in [3.63, 3.8) is 0 Å². The first-order valence-corrected chi connectivity index (χ1v) is 10.2. The van der Waals surface area contributed by atoms with E-state index in [0.717, 1.165) is 19.3 Å². The predicted octanol–water partition coefficient (Wildman–Crippen LogP) is 0.378. The van der Waals surface area contributed by atoms with Gasteiger partial charge in [0.25, 0.3) is 0 Å². The van der Waals surface area contributed by atoms with Gasteiger partial charge in [-0.05, 0) is 12.8 Å². The second kappa shape index (κ2) is 13.9. The Bertz CT molecular complexity index is 358. The van der Waals surface area contributed by atoms with Gasteiger partial charge in [-0.2, -0.15) is 0 Å². The second-order valence-corrected chi connectivity index (χ2v) is 8.09. The molecule has 0 fully saturated rings. The Balaban J connectivity index is 0. The standard InChI is InChI=1S/C16H33O5P.Na/c1-3-5-6-7-8-9-10-11-12-13-14-16(4-2,15(17)18)22(19,20)21;/h3-14H2,1-2H3,(H,17,18)(H2,19,20,21);/q;+1/p-1. The molecule has 0 aromatic heterocycles. The van der Waals surface area contributed by atoms with Crippen LogP contribution in [0, 0.1) is 0 Å². The van der Waals surface area contributed by atoms with E-state index in [4.69, 9.17) is 0 Å². The molecule has 2 N–H and O–H groups in total. The molecule has 0 aliphatic rings. The summed E-state index contributed by atoms with van der Waals surface area (Å²) in [5.74, 6) is -1.63. The molecule has 1 atom stereocenters. The molecule has 23 heavy (non-hydrogen) atoms. The molecule has 0 saturated heterocycles. The first-order chi connectivity index (χ1) is 10.3. The van der Waals surface area contributed by atoms with E-state index in [0.29, 0.717) is 6.42 Å². The van der Waals surface area contributed by atoms with Crippen LogP contribution in [0.5, 0.6) is 0 Å². The van der Waals surface area contributed by atoms with Crippen LogP contribution >= 0.6 is 7.60 Å². The predicted molar refractivity (Wildman–Crippen MR) is 86.5 cm³/mol. The van der Waals surface area contributed by atoms with Crippen molar-refractivity contribution < 1.29 is 53.8 Å². The fourth-order valence-electron chi connectivity index (χ4n) is 2.80. The van der Waals surface area contributed by atoms with E-state index in [-0.39, 0.29) is 42.4 Å². The van der Waals surface area contributed by atoms with Gasteiger partial charge in [0, 0.05) is 0 Å². The zero-order valence-corrected chi connectivity index (χ0v) is 17.9. The second-order valence-electron chi connectivity index (χ2n) is 6.15. The molecule has 0 spiro atoms. The van der Waals surface area contributed by atoms with Gasteiger partial charge in [0.15, 0.2) is 0 Å². The summed E-state index contributed by atoms with van der Waals surface area (Å²) in [6.07, 6.45) is 10.8. The van der Waals surface area contributed by atoms with Crippen LogP contribution in [0.3, 0.4) is 0 Å². The molecule has 0 aliphatic carbocycles. The molecule has 0 aromatic carbocycles.